The molecule has 0 spiro atoms. The number of aliphatic hydroxyl groups is 1. The Labute approximate surface area is 105 Å². The Kier molecular flexibility index (Phi) is 4.23. The standard InChI is InChI=1S/C12H15N3O3/c1-12(2,5-6-16)14-10-4-3-9(8-13)7-11(10)15(17)18/h3-4,7,14,16H,5-6H2,1-2H3. The fraction of sp³-hybridized carbons (Fsp3) is 0.417. The molecule has 0 fully saturated rings. The van der Waals surface area contributed by atoms with Crippen molar-refractivity contribution >= 4 is 11.4 Å². The molecular weight excluding hydrogens is 234 g/mol. The van der Waals surface area contributed by atoms with Gasteiger partial charge in [0.05, 0.1) is 16.6 Å². The minimum atomic E-state index is -0.530. The summed E-state index contributed by atoms with van der Waals surface area (Å²) in [5.41, 5.74) is -0.0158. The van der Waals surface area contributed by atoms with Gasteiger partial charge in [-0.1, -0.05) is 0 Å². The second kappa shape index (κ2) is 5.47. The molecule has 0 unspecified atom stereocenters. The fourth-order valence-electron chi connectivity index (χ4n) is 1.56. The van der Waals surface area contributed by atoms with Crippen LogP contribution in [0.15, 0.2) is 18.2 Å². The van der Waals surface area contributed by atoms with E-state index in [0.717, 1.165) is 0 Å². The van der Waals surface area contributed by atoms with Crippen LogP contribution in [0.25, 0.3) is 0 Å². The Balaban J connectivity index is 3.10. The molecule has 96 valence electrons. The molecule has 1 rings (SSSR count). The predicted octanol–water partition coefficient (Wildman–Crippen LogP) is 2.04. The van der Waals surface area contributed by atoms with Crippen LogP contribution in [-0.4, -0.2) is 22.2 Å². The second-order valence-corrected chi connectivity index (χ2v) is 4.58. The van der Waals surface area contributed by atoms with Crippen molar-refractivity contribution in [3.05, 3.63) is 33.9 Å². The van der Waals surface area contributed by atoms with Crippen LogP contribution in [-0.2, 0) is 0 Å². The Bertz CT molecular complexity index is 492. The molecule has 0 amide bonds. The zero-order valence-electron chi connectivity index (χ0n) is 10.3. The zero-order valence-corrected chi connectivity index (χ0v) is 10.3. The van der Waals surface area contributed by atoms with Crippen LogP contribution in [0.1, 0.15) is 25.8 Å². The zero-order chi connectivity index (χ0) is 13.8. The number of aliphatic hydroxyl groups excluding tert-OH is 1. The lowest BCUT2D eigenvalue weighted by Crippen LogP contribution is -2.32. The number of anilines is 1. The number of nitro benzene ring substituents is 1. The highest BCUT2D eigenvalue weighted by Crippen LogP contribution is 2.28. The maximum atomic E-state index is 10.9. The maximum absolute atomic E-state index is 10.9. The van der Waals surface area contributed by atoms with Crippen LogP contribution >= 0.6 is 0 Å². The maximum Gasteiger partial charge on any atom is 0.293 e. The van der Waals surface area contributed by atoms with Crippen LogP contribution < -0.4 is 5.32 Å². The third kappa shape index (κ3) is 3.43. The normalized spacial score (nSPS) is 10.8. The molecule has 0 radical (unpaired) electrons. The largest absolute Gasteiger partial charge is 0.396 e. The topological polar surface area (TPSA) is 99.2 Å². The van der Waals surface area contributed by atoms with E-state index in [4.69, 9.17) is 10.4 Å². The van der Waals surface area contributed by atoms with E-state index in [9.17, 15) is 10.1 Å². The van der Waals surface area contributed by atoms with Gasteiger partial charge in [-0.15, -0.1) is 0 Å². The second-order valence-electron chi connectivity index (χ2n) is 4.58. The van der Waals surface area contributed by atoms with Crippen LogP contribution in [0, 0.1) is 21.4 Å². The SMILES string of the molecule is CC(C)(CCO)Nc1ccc(C#N)cc1[N+](=O)[O-]. The fourth-order valence-corrected chi connectivity index (χ4v) is 1.56. The van der Waals surface area contributed by atoms with E-state index in [1.54, 1.807) is 0 Å². The molecule has 0 aromatic heterocycles. The number of nitrogens with zero attached hydrogens (tertiary/aromatic N) is 2. The summed E-state index contributed by atoms with van der Waals surface area (Å²) in [5, 5.41) is 31.6. The molecule has 0 saturated carbocycles. The minimum Gasteiger partial charge on any atom is -0.396 e. The Hall–Kier alpha value is -2.13. The van der Waals surface area contributed by atoms with E-state index in [-0.39, 0.29) is 17.9 Å². The Morgan fingerprint density at radius 3 is 2.72 bits per heavy atom. The summed E-state index contributed by atoms with van der Waals surface area (Å²) in [7, 11) is 0. The predicted molar refractivity (Wildman–Crippen MR) is 67.2 cm³/mol. The third-order valence-electron chi connectivity index (χ3n) is 2.53. The lowest BCUT2D eigenvalue weighted by atomic mass is 10.0. The number of benzene rings is 1. The van der Waals surface area contributed by atoms with Crippen molar-refractivity contribution in [2.75, 3.05) is 11.9 Å². The molecule has 0 saturated heterocycles. The summed E-state index contributed by atoms with van der Waals surface area (Å²) < 4.78 is 0. The van der Waals surface area contributed by atoms with Crippen molar-refractivity contribution in [1.82, 2.24) is 0 Å². The van der Waals surface area contributed by atoms with Crippen LogP contribution in [0.2, 0.25) is 0 Å². The molecule has 1 aromatic carbocycles. The van der Waals surface area contributed by atoms with Crippen molar-refractivity contribution in [3.8, 4) is 6.07 Å². The molecule has 0 heterocycles. The number of nitrogens with one attached hydrogen (secondary N) is 1. The average Bonchev–Trinajstić information content (AvgIpc) is 2.28. The molecule has 1 aromatic rings. The first-order valence-corrected chi connectivity index (χ1v) is 5.47. The van der Waals surface area contributed by atoms with Crippen molar-refractivity contribution in [2.24, 2.45) is 0 Å². The quantitative estimate of drug-likeness (QED) is 0.614. The third-order valence-corrected chi connectivity index (χ3v) is 2.53. The molecular formula is C12H15N3O3. The lowest BCUT2D eigenvalue weighted by Gasteiger charge is -2.26. The smallest absolute Gasteiger partial charge is 0.293 e. The van der Waals surface area contributed by atoms with Crippen molar-refractivity contribution in [1.29, 1.82) is 5.26 Å². The molecule has 6 nitrogen and oxygen atoms in total. The van der Waals surface area contributed by atoms with Gasteiger partial charge in [0.15, 0.2) is 0 Å². The van der Waals surface area contributed by atoms with E-state index in [1.807, 2.05) is 19.9 Å². The van der Waals surface area contributed by atoms with Gasteiger partial charge in [-0.05, 0) is 32.4 Å². The van der Waals surface area contributed by atoms with Gasteiger partial charge in [0.25, 0.3) is 5.69 Å². The van der Waals surface area contributed by atoms with E-state index in [0.29, 0.717) is 12.1 Å². The average molecular weight is 249 g/mol. The van der Waals surface area contributed by atoms with Crippen molar-refractivity contribution in [3.63, 3.8) is 0 Å². The van der Waals surface area contributed by atoms with Crippen LogP contribution in [0.4, 0.5) is 11.4 Å². The number of rotatable bonds is 5. The summed E-state index contributed by atoms with van der Waals surface area (Å²) in [4.78, 5) is 10.4. The number of nitriles is 1. The van der Waals surface area contributed by atoms with Gasteiger partial charge >= 0.3 is 0 Å². The summed E-state index contributed by atoms with van der Waals surface area (Å²) in [6, 6.07) is 6.13. The molecule has 0 aliphatic rings. The molecule has 0 atom stereocenters. The molecule has 0 aliphatic carbocycles. The minimum absolute atomic E-state index is 0.00984. The Morgan fingerprint density at radius 2 is 2.22 bits per heavy atom. The lowest BCUT2D eigenvalue weighted by molar-refractivity contribution is -0.384. The number of nitro groups is 1. The summed E-state index contributed by atoms with van der Waals surface area (Å²) in [5.74, 6) is 0. The monoisotopic (exact) mass is 249 g/mol. The highest BCUT2D eigenvalue weighted by Gasteiger charge is 2.22. The van der Waals surface area contributed by atoms with E-state index in [1.165, 1.54) is 18.2 Å². The summed E-state index contributed by atoms with van der Waals surface area (Å²) in [6.07, 6.45) is 0.462. The van der Waals surface area contributed by atoms with Crippen LogP contribution in [0.3, 0.4) is 0 Å². The van der Waals surface area contributed by atoms with E-state index < -0.39 is 10.5 Å². The van der Waals surface area contributed by atoms with Crippen molar-refractivity contribution in [2.45, 2.75) is 25.8 Å². The van der Waals surface area contributed by atoms with E-state index in [2.05, 4.69) is 5.32 Å². The summed E-state index contributed by atoms with van der Waals surface area (Å²) >= 11 is 0. The Morgan fingerprint density at radius 1 is 1.56 bits per heavy atom. The van der Waals surface area contributed by atoms with Crippen molar-refractivity contribution < 1.29 is 10.0 Å². The molecule has 18 heavy (non-hydrogen) atoms. The molecule has 0 aliphatic heterocycles. The first-order chi connectivity index (χ1) is 8.39. The van der Waals surface area contributed by atoms with Gasteiger partial charge in [-0.25, -0.2) is 0 Å². The first-order valence-electron chi connectivity index (χ1n) is 5.47. The van der Waals surface area contributed by atoms with Gasteiger partial charge in [-0.3, -0.25) is 10.1 Å². The van der Waals surface area contributed by atoms with E-state index >= 15 is 0 Å². The highest BCUT2D eigenvalue weighted by atomic mass is 16.6. The van der Waals surface area contributed by atoms with Gasteiger partial charge in [0.1, 0.15) is 5.69 Å². The molecule has 2 N–H and O–H groups in total. The first kappa shape index (κ1) is 13.9. The molecule has 0 bridgehead atoms. The van der Waals surface area contributed by atoms with Crippen LogP contribution in [0.5, 0.6) is 0 Å². The summed E-state index contributed by atoms with van der Waals surface area (Å²) in [6.45, 7) is 3.67. The van der Waals surface area contributed by atoms with Gasteiger partial charge in [0, 0.05) is 18.2 Å². The van der Waals surface area contributed by atoms with Gasteiger partial charge in [-0.2, -0.15) is 5.26 Å². The van der Waals surface area contributed by atoms with Gasteiger partial charge in [0.2, 0.25) is 0 Å². The van der Waals surface area contributed by atoms with Gasteiger partial charge < -0.3 is 10.4 Å². The molecule has 6 heteroatoms. The highest BCUT2D eigenvalue weighted by molar-refractivity contribution is 5.64. The number of hydrogen-bond acceptors (Lipinski definition) is 5. The number of hydrogen-bond donors (Lipinski definition) is 2.